The van der Waals surface area contributed by atoms with Gasteiger partial charge in [0.05, 0.1) is 5.75 Å². The molecule has 6 heteroatoms. The zero-order valence-electron chi connectivity index (χ0n) is 11.5. The predicted molar refractivity (Wildman–Crippen MR) is 79.9 cm³/mol. The molecule has 112 valence electrons. The first-order chi connectivity index (χ1) is 10.2. The van der Waals surface area contributed by atoms with Gasteiger partial charge in [0.2, 0.25) is 11.8 Å². The number of rotatable bonds is 4. The fraction of sp³-hybridized carbons (Fsp3) is 0.333. The molecule has 0 radical (unpaired) electrons. The molecule has 1 aliphatic rings. The Hall–Kier alpha value is -1.82. The molecule has 0 saturated heterocycles. The molecule has 0 saturated carbocycles. The van der Waals surface area contributed by atoms with Crippen molar-refractivity contribution in [3.8, 4) is 0 Å². The molecule has 1 aromatic rings. The molecule has 0 spiro atoms. The standard InChI is InChI=1S/C15H17FN2O2S/c16-12-8-4-5-9-13(12)21-10-14(19)17-18-15(20)11-6-2-1-3-7-11/h1-2,4-5,8-9,11H,3,6-7,10H2,(H,17,19)(H,18,20). The number of amides is 2. The summed E-state index contributed by atoms with van der Waals surface area (Å²) in [6, 6.07) is 6.26. The maximum atomic E-state index is 13.4. The van der Waals surface area contributed by atoms with E-state index < -0.39 is 0 Å². The lowest BCUT2D eigenvalue weighted by Gasteiger charge is -2.17. The maximum absolute atomic E-state index is 13.4. The Bertz CT molecular complexity index is 548. The van der Waals surface area contributed by atoms with Gasteiger partial charge in [-0.3, -0.25) is 20.4 Å². The highest BCUT2D eigenvalue weighted by molar-refractivity contribution is 8.00. The van der Waals surface area contributed by atoms with Crippen molar-refractivity contribution in [2.45, 2.75) is 24.2 Å². The van der Waals surface area contributed by atoms with E-state index in [0.717, 1.165) is 24.6 Å². The molecular formula is C15H17FN2O2S. The largest absolute Gasteiger partial charge is 0.273 e. The van der Waals surface area contributed by atoms with Gasteiger partial charge in [-0.1, -0.05) is 24.3 Å². The zero-order chi connectivity index (χ0) is 15.1. The molecule has 2 amide bonds. The lowest BCUT2D eigenvalue weighted by atomic mass is 9.94. The first kappa shape index (κ1) is 15.6. The Balaban J connectivity index is 1.71. The van der Waals surface area contributed by atoms with Crippen molar-refractivity contribution < 1.29 is 14.0 Å². The number of carbonyl (C=O) groups is 2. The van der Waals surface area contributed by atoms with Crippen LogP contribution in [0.1, 0.15) is 19.3 Å². The molecule has 0 fully saturated rings. The summed E-state index contributed by atoms with van der Waals surface area (Å²) < 4.78 is 13.4. The minimum atomic E-state index is -0.358. The Morgan fingerprint density at radius 1 is 1.24 bits per heavy atom. The molecular weight excluding hydrogens is 291 g/mol. The molecule has 0 aromatic heterocycles. The van der Waals surface area contributed by atoms with Gasteiger partial charge in [-0.05, 0) is 31.4 Å². The third-order valence-electron chi connectivity index (χ3n) is 3.16. The van der Waals surface area contributed by atoms with E-state index >= 15 is 0 Å². The van der Waals surface area contributed by atoms with Gasteiger partial charge in [-0.2, -0.15) is 0 Å². The topological polar surface area (TPSA) is 58.2 Å². The summed E-state index contributed by atoms with van der Waals surface area (Å²) in [4.78, 5) is 23.8. The molecule has 2 rings (SSSR count). The second-order valence-electron chi connectivity index (χ2n) is 4.74. The highest BCUT2D eigenvalue weighted by Crippen LogP contribution is 2.20. The highest BCUT2D eigenvalue weighted by atomic mass is 32.2. The lowest BCUT2D eigenvalue weighted by Crippen LogP contribution is -2.45. The summed E-state index contributed by atoms with van der Waals surface area (Å²) in [5.41, 5.74) is 4.79. The number of hydrogen-bond acceptors (Lipinski definition) is 3. The molecule has 2 N–H and O–H groups in total. The quantitative estimate of drug-likeness (QED) is 0.510. The van der Waals surface area contributed by atoms with Crippen molar-refractivity contribution in [1.82, 2.24) is 10.9 Å². The van der Waals surface area contributed by atoms with Crippen LogP contribution in [0.15, 0.2) is 41.3 Å². The first-order valence-corrected chi connectivity index (χ1v) is 7.76. The Labute approximate surface area is 127 Å². The van der Waals surface area contributed by atoms with Crippen LogP contribution in [-0.2, 0) is 9.59 Å². The molecule has 0 heterocycles. The van der Waals surface area contributed by atoms with Crippen molar-refractivity contribution in [3.63, 3.8) is 0 Å². The Morgan fingerprint density at radius 2 is 2.05 bits per heavy atom. The number of hydrazine groups is 1. The summed E-state index contributed by atoms with van der Waals surface area (Å²) in [5, 5.41) is 0. The number of allylic oxidation sites excluding steroid dienone is 2. The van der Waals surface area contributed by atoms with Gasteiger partial charge in [-0.15, -0.1) is 11.8 Å². The van der Waals surface area contributed by atoms with Gasteiger partial charge in [0, 0.05) is 10.8 Å². The summed E-state index contributed by atoms with van der Waals surface area (Å²) in [5.74, 6) is -0.930. The van der Waals surface area contributed by atoms with Crippen LogP contribution in [0.3, 0.4) is 0 Å². The van der Waals surface area contributed by atoms with Gasteiger partial charge < -0.3 is 0 Å². The SMILES string of the molecule is O=C(CSc1ccccc1F)NNC(=O)C1CC=CCC1. The molecule has 1 aliphatic carbocycles. The average Bonchev–Trinajstić information content (AvgIpc) is 2.52. The number of nitrogens with one attached hydrogen (secondary N) is 2. The smallest absolute Gasteiger partial charge is 0.248 e. The fourth-order valence-electron chi connectivity index (χ4n) is 2.01. The van der Waals surface area contributed by atoms with Crippen LogP contribution in [0.5, 0.6) is 0 Å². The van der Waals surface area contributed by atoms with Gasteiger partial charge in [0.25, 0.3) is 0 Å². The maximum Gasteiger partial charge on any atom is 0.248 e. The Morgan fingerprint density at radius 3 is 2.76 bits per heavy atom. The van der Waals surface area contributed by atoms with E-state index in [2.05, 4.69) is 10.9 Å². The minimum Gasteiger partial charge on any atom is -0.273 e. The summed E-state index contributed by atoms with van der Waals surface area (Å²) in [6.45, 7) is 0. The fourth-order valence-corrected chi connectivity index (χ4v) is 2.75. The van der Waals surface area contributed by atoms with Crippen molar-refractivity contribution >= 4 is 23.6 Å². The lowest BCUT2D eigenvalue weighted by molar-refractivity contribution is -0.130. The van der Waals surface area contributed by atoms with E-state index in [9.17, 15) is 14.0 Å². The molecule has 1 atom stereocenters. The van der Waals surface area contributed by atoms with Crippen LogP contribution in [0.25, 0.3) is 0 Å². The third kappa shape index (κ3) is 4.90. The number of hydrogen-bond donors (Lipinski definition) is 2. The van der Waals surface area contributed by atoms with Crippen LogP contribution < -0.4 is 10.9 Å². The normalized spacial score (nSPS) is 17.3. The number of carbonyl (C=O) groups excluding carboxylic acids is 2. The van der Waals surface area contributed by atoms with Crippen LogP contribution in [0.4, 0.5) is 4.39 Å². The van der Waals surface area contributed by atoms with E-state index in [0.29, 0.717) is 11.3 Å². The molecule has 4 nitrogen and oxygen atoms in total. The second-order valence-corrected chi connectivity index (χ2v) is 5.76. The summed E-state index contributed by atoms with van der Waals surface area (Å²) in [6.07, 6.45) is 6.40. The van der Waals surface area contributed by atoms with Crippen LogP contribution in [0, 0.1) is 11.7 Å². The van der Waals surface area contributed by atoms with Crippen molar-refractivity contribution in [2.24, 2.45) is 5.92 Å². The van der Waals surface area contributed by atoms with Gasteiger partial charge in [0.1, 0.15) is 5.82 Å². The number of benzene rings is 1. The van der Waals surface area contributed by atoms with E-state index in [4.69, 9.17) is 0 Å². The highest BCUT2D eigenvalue weighted by Gasteiger charge is 2.18. The summed E-state index contributed by atoms with van der Waals surface area (Å²) in [7, 11) is 0. The monoisotopic (exact) mass is 308 g/mol. The van der Waals surface area contributed by atoms with E-state index in [1.807, 2.05) is 12.2 Å². The molecule has 1 aromatic carbocycles. The molecule has 1 unspecified atom stereocenters. The van der Waals surface area contributed by atoms with Gasteiger partial charge in [-0.25, -0.2) is 4.39 Å². The number of halogens is 1. The van der Waals surface area contributed by atoms with E-state index in [-0.39, 0.29) is 29.3 Å². The molecule has 0 aliphatic heterocycles. The van der Waals surface area contributed by atoms with Gasteiger partial charge >= 0.3 is 0 Å². The summed E-state index contributed by atoms with van der Waals surface area (Å²) >= 11 is 1.09. The van der Waals surface area contributed by atoms with Crippen LogP contribution in [-0.4, -0.2) is 17.6 Å². The van der Waals surface area contributed by atoms with Crippen molar-refractivity contribution in [1.29, 1.82) is 0 Å². The Kier molecular flexibility index (Phi) is 5.80. The molecule has 21 heavy (non-hydrogen) atoms. The van der Waals surface area contributed by atoms with E-state index in [1.165, 1.54) is 6.07 Å². The van der Waals surface area contributed by atoms with Crippen molar-refractivity contribution in [2.75, 3.05) is 5.75 Å². The second kappa shape index (κ2) is 7.83. The predicted octanol–water partition coefficient (Wildman–Crippen LogP) is 2.42. The van der Waals surface area contributed by atoms with Gasteiger partial charge in [0.15, 0.2) is 0 Å². The number of thioether (sulfide) groups is 1. The van der Waals surface area contributed by atoms with E-state index in [1.54, 1.807) is 18.2 Å². The minimum absolute atomic E-state index is 0.0474. The zero-order valence-corrected chi connectivity index (χ0v) is 12.3. The third-order valence-corrected chi connectivity index (χ3v) is 4.21. The average molecular weight is 308 g/mol. The van der Waals surface area contributed by atoms with Crippen molar-refractivity contribution in [3.05, 3.63) is 42.2 Å². The molecule has 0 bridgehead atoms. The first-order valence-electron chi connectivity index (χ1n) is 6.78. The van der Waals surface area contributed by atoms with Crippen LogP contribution >= 0.6 is 11.8 Å². The van der Waals surface area contributed by atoms with Crippen LogP contribution in [0.2, 0.25) is 0 Å².